The molecule has 1 heterocycles. The standard InChI is InChI=1S/C18H15BrN2O2/c1-2-23-18(22)21(17-8-4-3-7-15(17)19)16-9-5-6-13-12-20-11-10-14(13)16/h3-12H,2H2,1H3. The molecule has 23 heavy (non-hydrogen) atoms. The average Bonchev–Trinajstić information content (AvgIpc) is 2.57. The molecule has 0 aliphatic carbocycles. The van der Waals surface area contributed by atoms with Crippen molar-refractivity contribution in [2.24, 2.45) is 0 Å². The fraction of sp³-hybridized carbons (Fsp3) is 0.111. The predicted octanol–water partition coefficient (Wildman–Crippen LogP) is 5.29. The lowest BCUT2D eigenvalue weighted by Crippen LogP contribution is -2.27. The molecule has 0 N–H and O–H groups in total. The molecule has 1 amide bonds. The number of para-hydroxylation sites is 1. The zero-order valence-electron chi connectivity index (χ0n) is 12.6. The molecule has 0 fully saturated rings. The van der Waals surface area contributed by atoms with Gasteiger partial charge in [-0.05, 0) is 47.1 Å². The lowest BCUT2D eigenvalue weighted by Gasteiger charge is -2.24. The number of fused-ring (bicyclic) bond motifs is 1. The lowest BCUT2D eigenvalue weighted by molar-refractivity contribution is 0.162. The first-order valence-electron chi connectivity index (χ1n) is 7.26. The number of anilines is 2. The van der Waals surface area contributed by atoms with Crippen LogP contribution in [0.3, 0.4) is 0 Å². The van der Waals surface area contributed by atoms with E-state index in [4.69, 9.17) is 4.74 Å². The van der Waals surface area contributed by atoms with Gasteiger partial charge in [0.15, 0.2) is 0 Å². The summed E-state index contributed by atoms with van der Waals surface area (Å²) in [4.78, 5) is 18.3. The summed E-state index contributed by atoms with van der Waals surface area (Å²) in [6.07, 6.45) is 3.08. The zero-order valence-corrected chi connectivity index (χ0v) is 14.2. The Morgan fingerprint density at radius 1 is 1.13 bits per heavy atom. The van der Waals surface area contributed by atoms with Crippen molar-refractivity contribution in [1.29, 1.82) is 0 Å². The lowest BCUT2D eigenvalue weighted by atomic mass is 10.1. The van der Waals surface area contributed by atoms with Gasteiger partial charge in [0.25, 0.3) is 0 Å². The summed E-state index contributed by atoms with van der Waals surface area (Å²) in [5.41, 5.74) is 1.49. The van der Waals surface area contributed by atoms with Gasteiger partial charge in [-0.1, -0.05) is 24.3 Å². The molecule has 3 aromatic rings. The molecule has 0 aliphatic heterocycles. The van der Waals surface area contributed by atoms with Crippen LogP contribution in [-0.2, 0) is 4.74 Å². The highest BCUT2D eigenvalue weighted by Crippen LogP contribution is 2.36. The number of pyridine rings is 1. The van der Waals surface area contributed by atoms with Gasteiger partial charge in [0.2, 0.25) is 0 Å². The molecule has 0 saturated carbocycles. The summed E-state index contributed by atoms with van der Waals surface area (Å²) in [7, 11) is 0. The van der Waals surface area contributed by atoms with Crippen molar-refractivity contribution in [2.45, 2.75) is 6.92 Å². The van der Waals surface area contributed by atoms with Gasteiger partial charge in [0, 0.05) is 27.6 Å². The van der Waals surface area contributed by atoms with Crippen LogP contribution in [0.4, 0.5) is 16.2 Å². The van der Waals surface area contributed by atoms with E-state index in [2.05, 4.69) is 20.9 Å². The van der Waals surface area contributed by atoms with E-state index >= 15 is 0 Å². The number of ether oxygens (including phenoxy) is 1. The highest BCUT2D eigenvalue weighted by atomic mass is 79.9. The van der Waals surface area contributed by atoms with E-state index in [9.17, 15) is 4.79 Å². The largest absolute Gasteiger partial charge is 0.449 e. The van der Waals surface area contributed by atoms with Crippen molar-refractivity contribution in [2.75, 3.05) is 11.5 Å². The normalized spacial score (nSPS) is 10.5. The molecule has 0 bridgehead atoms. The van der Waals surface area contributed by atoms with Crippen molar-refractivity contribution >= 4 is 44.2 Å². The van der Waals surface area contributed by atoms with Crippen LogP contribution in [-0.4, -0.2) is 17.7 Å². The monoisotopic (exact) mass is 370 g/mol. The van der Waals surface area contributed by atoms with Crippen molar-refractivity contribution in [1.82, 2.24) is 4.98 Å². The van der Waals surface area contributed by atoms with Crippen LogP contribution in [0.2, 0.25) is 0 Å². The maximum Gasteiger partial charge on any atom is 0.418 e. The van der Waals surface area contributed by atoms with E-state index in [1.165, 1.54) is 0 Å². The third kappa shape index (κ3) is 3.05. The molecule has 0 saturated heterocycles. The second-order valence-corrected chi connectivity index (χ2v) is 5.71. The fourth-order valence-corrected chi connectivity index (χ4v) is 2.91. The summed E-state index contributed by atoms with van der Waals surface area (Å²) in [5.74, 6) is 0. The third-order valence-corrected chi connectivity index (χ3v) is 4.11. The highest BCUT2D eigenvalue weighted by Gasteiger charge is 2.22. The van der Waals surface area contributed by atoms with Crippen molar-refractivity contribution < 1.29 is 9.53 Å². The number of carbonyl (C=O) groups is 1. The van der Waals surface area contributed by atoms with E-state index in [1.807, 2.05) is 48.5 Å². The summed E-state index contributed by atoms with van der Waals surface area (Å²) >= 11 is 3.52. The van der Waals surface area contributed by atoms with E-state index in [1.54, 1.807) is 24.2 Å². The Hall–Kier alpha value is -2.40. The van der Waals surface area contributed by atoms with Crippen LogP contribution in [0.5, 0.6) is 0 Å². The Morgan fingerprint density at radius 3 is 2.70 bits per heavy atom. The van der Waals surface area contributed by atoms with Crippen LogP contribution in [0, 0.1) is 0 Å². The molecule has 0 aliphatic rings. The number of rotatable bonds is 3. The first-order chi connectivity index (χ1) is 11.2. The predicted molar refractivity (Wildman–Crippen MR) is 95.0 cm³/mol. The molecule has 0 atom stereocenters. The number of halogens is 1. The Balaban J connectivity index is 2.22. The number of aromatic nitrogens is 1. The molecule has 3 rings (SSSR count). The molecule has 4 nitrogen and oxygen atoms in total. The molecule has 0 spiro atoms. The van der Waals surface area contributed by atoms with Crippen LogP contribution in [0.25, 0.3) is 10.8 Å². The minimum Gasteiger partial charge on any atom is -0.449 e. The fourth-order valence-electron chi connectivity index (χ4n) is 2.45. The van der Waals surface area contributed by atoms with Gasteiger partial charge in [0.1, 0.15) is 0 Å². The number of amides is 1. The quantitative estimate of drug-likeness (QED) is 0.628. The van der Waals surface area contributed by atoms with Gasteiger partial charge >= 0.3 is 6.09 Å². The first kappa shape index (κ1) is 15.5. The minimum absolute atomic E-state index is 0.312. The van der Waals surface area contributed by atoms with Gasteiger partial charge in [-0.3, -0.25) is 4.98 Å². The first-order valence-corrected chi connectivity index (χ1v) is 8.06. The topological polar surface area (TPSA) is 42.4 Å². The number of hydrogen-bond acceptors (Lipinski definition) is 3. The highest BCUT2D eigenvalue weighted by molar-refractivity contribution is 9.10. The van der Waals surface area contributed by atoms with Crippen LogP contribution >= 0.6 is 15.9 Å². The molecule has 116 valence electrons. The number of hydrogen-bond donors (Lipinski definition) is 0. The maximum atomic E-state index is 12.6. The molecule has 5 heteroatoms. The van der Waals surface area contributed by atoms with E-state index in [0.717, 1.165) is 26.6 Å². The van der Waals surface area contributed by atoms with Crippen LogP contribution < -0.4 is 4.90 Å². The number of benzene rings is 2. The second-order valence-electron chi connectivity index (χ2n) is 4.86. The van der Waals surface area contributed by atoms with E-state index in [0.29, 0.717) is 6.61 Å². The molecular weight excluding hydrogens is 356 g/mol. The summed E-state index contributed by atoms with van der Waals surface area (Å²) in [6, 6.07) is 15.2. The minimum atomic E-state index is -0.413. The smallest absolute Gasteiger partial charge is 0.418 e. The summed E-state index contributed by atoms with van der Waals surface area (Å²) < 4.78 is 6.09. The Kier molecular flexibility index (Phi) is 4.57. The van der Waals surface area contributed by atoms with Crippen LogP contribution in [0.15, 0.2) is 65.4 Å². The number of carbonyl (C=O) groups excluding carboxylic acids is 1. The Morgan fingerprint density at radius 2 is 1.91 bits per heavy atom. The van der Waals surface area contributed by atoms with Crippen molar-refractivity contribution in [3.63, 3.8) is 0 Å². The Bertz CT molecular complexity index is 846. The van der Waals surface area contributed by atoms with Crippen molar-refractivity contribution in [3.05, 3.63) is 65.4 Å². The molecular formula is C18H15BrN2O2. The molecule has 0 unspecified atom stereocenters. The summed E-state index contributed by atoms with van der Waals surface area (Å²) in [6.45, 7) is 2.11. The molecule has 1 aromatic heterocycles. The Labute approximate surface area is 142 Å². The number of nitrogens with zero attached hydrogens (tertiary/aromatic N) is 2. The van der Waals surface area contributed by atoms with Gasteiger partial charge in [0.05, 0.1) is 18.0 Å². The maximum absolute atomic E-state index is 12.6. The zero-order chi connectivity index (χ0) is 16.2. The SMILES string of the molecule is CCOC(=O)N(c1ccccc1Br)c1cccc2cnccc12. The van der Waals surface area contributed by atoms with Crippen molar-refractivity contribution in [3.8, 4) is 0 Å². The molecule has 2 aromatic carbocycles. The second kappa shape index (κ2) is 6.79. The van der Waals surface area contributed by atoms with E-state index in [-0.39, 0.29) is 0 Å². The molecule has 0 radical (unpaired) electrons. The average molecular weight is 371 g/mol. The summed E-state index contributed by atoms with van der Waals surface area (Å²) in [5, 5.41) is 1.90. The van der Waals surface area contributed by atoms with Gasteiger partial charge < -0.3 is 4.74 Å². The van der Waals surface area contributed by atoms with E-state index < -0.39 is 6.09 Å². The van der Waals surface area contributed by atoms with Gasteiger partial charge in [-0.25, -0.2) is 9.69 Å². The third-order valence-electron chi connectivity index (χ3n) is 3.44. The van der Waals surface area contributed by atoms with Gasteiger partial charge in [-0.2, -0.15) is 0 Å². The van der Waals surface area contributed by atoms with Gasteiger partial charge in [-0.15, -0.1) is 0 Å². The van der Waals surface area contributed by atoms with Crippen LogP contribution in [0.1, 0.15) is 6.92 Å².